The van der Waals surface area contributed by atoms with Gasteiger partial charge in [0.05, 0.1) is 19.8 Å². The van der Waals surface area contributed by atoms with Gasteiger partial charge in [-0.1, -0.05) is 0 Å². The zero-order chi connectivity index (χ0) is 15.2. The van der Waals surface area contributed by atoms with Crippen molar-refractivity contribution in [3.63, 3.8) is 0 Å². The second kappa shape index (κ2) is 7.09. The molecule has 21 heavy (non-hydrogen) atoms. The number of aromatic nitrogens is 4. The second-order valence-corrected chi connectivity index (χ2v) is 4.43. The van der Waals surface area contributed by atoms with Crippen LogP contribution in [-0.2, 0) is 4.74 Å². The molecule has 0 saturated heterocycles. The van der Waals surface area contributed by atoms with Crippen LogP contribution in [0.3, 0.4) is 0 Å². The molecule has 0 fully saturated rings. The third-order valence-corrected chi connectivity index (χ3v) is 3.02. The van der Waals surface area contributed by atoms with E-state index in [-0.39, 0.29) is 11.7 Å². The average Bonchev–Trinajstić information content (AvgIpc) is 2.97. The Kier molecular flexibility index (Phi) is 5.18. The number of nitrogens with zero attached hydrogens (tertiary/aromatic N) is 4. The van der Waals surface area contributed by atoms with Crippen LogP contribution in [0, 0.1) is 5.82 Å². The minimum absolute atomic E-state index is 0.152. The Labute approximate surface area is 122 Å². The zero-order valence-corrected chi connectivity index (χ0v) is 12.2. The number of tetrazole rings is 1. The Morgan fingerprint density at radius 2 is 2.19 bits per heavy atom. The number of rotatable bonds is 7. The lowest BCUT2D eigenvalue weighted by Crippen LogP contribution is -2.25. The Bertz CT molecular complexity index is 590. The largest absolute Gasteiger partial charge is 0.497 e. The van der Waals surface area contributed by atoms with Crippen molar-refractivity contribution in [3.05, 3.63) is 29.8 Å². The molecule has 0 spiro atoms. The predicted octanol–water partition coefficient (Wildman–Crippen LogP) is 1.11. The highest BCUT2D eigenvalue weighted by molar-refractivity contribution is 5.40. The number of hydrogen-bond donors (Lipinski definition) is 1. The van der Waals surface area contributed by atoms with Gasteiger partial charge in [-0.05, 0) is 29.5 Å². The molecule has 0 aliphatic heterocycles. The van der Waals surface area contributed by atoms with E-state index < -0.39 is 5.82 Å². The molecule has 1 aromatic carbocycles. The molecule has 1 unspecified atom stereocenters. The fraction of sp³-hybridized carbons (Fsp3) is 0.462. The molecule has 1 N–H and O–H groups in total. The highest BCUT2D eigenvalue weighted by Crippen LogP contribution is 2.22. The summed E-state index contributed by atoms with van der Waals surface area (Å²) in [6.07, 6.45) is 0. The molecule has 8 heteroatoms. The Hall–Kier alpha value is -2.06. The van der Waals surface area contributed by atoms with E-state index >= 15 is 0 Å². The molecule has 1 aromatic heterocycles. The number of benzene rings is 1. The molecule has 0 saturated carbocycles. The van der Waals surface area contributed by atoms with Gasteiger partial charge in [0.2, 0.25) is 0 Å². The molecular formula is C13H18FN5O2. The molecule has 7 nitrogen and oxygen atoms in total. The van der Waals surface area contributed by atoms with Gasteiger partial charge in [-0.25, -0.2) is 4.39 Å². The van der Waals surface area contributed by atoms with Crippen molar-refractivity contribution < 1.29 is 13.9 Å². The first-order valence-electron chi connectivity index (χ1n) is 6.52. The molecule has 114 valence electrons. The van der Waals surface area contributed by atoms with Gasteiger partial charge in [0, 0.05) is 19.7 Å². The first-order valence-corrected chi connectivity index (χ1v) is 6.52. The predicted molar refractivity (Wildman–Crippen MR) is 74.0 cm³/mol. The van der Waals surface area contributed by atoms with E-state index in [1.807, 2.05) is 6.92 Å². The maximum absolute atomic E-state index is 14.0. The van der Waals surface area contributed by atoms with Crippen molar-refractivity contribution in [2.24, 2.45) is 0 Å². The quantitative estimate of drug-likeness (QED) is 0.771. The molecule has 0 bridgehead atoms. The summed E-state index contributed by atoms with van der Waals surface area (Å²) >= 11 is 0. The number of nitrogens with one attached hydrogen (secondary N) is 1. The van der Waals surface area contributed by atoms with Crippen LogP contribution in [0.1, 0.15) is 18.8 Å². The van der Waals surface area contributed by atoms with Gasteiger partial charge in [0.1, 0.15) is 17.3 Å². The third kappa shape index (κ3) is 3.53. The lowest BCUT2D eigenvalue weighted by molar-refractivity contribution is 0.196. The molecule has 0 radical (unpaired) electrons. The summed E-state index contributed by atoms with van der Waals surface area (Å²) in [5, 5.41) is 14.7. The summed E-state index contributed by atoms with van der Waals surface area (Å²) in [7, 11) is 3.15. The van der Waals surface area contributed by atoms with Gasteiger partial charge < -0.3 is 14.8 Å². The van der Waals surface area contributed by atoms with Crippen LogP contribution < -0.4 is 10.1 Å². The first-order chi connectivity index (χ1) is 10.2. The minimum Gasteiger partial charge on any atom is -0.497 e. The summed E-state index contributed by atoms with van der Waals surface area (Å²) in [5.41, 5.74) is 0.245. The van der Waals surface area contributed by atoms with Crippen LogP contribution in [0.4, 0.5) is 4.39 Å². The SMILES string of the molecule is COCCNC(C)c1nnnn1-c1cc(OC)ccc1F. The van der Waals surface area contributed by atoms with E-state index in [0.717, 1.165) is 0 Å². The van der Waals surface area contributed by atoms with Crippen LogP contribution in [0.2, 0.25) is 0 Å². The Morgan fingerprint density at radius 1 is 1.38 bits per heavy atom. The molecular weight excluding hydrogens is 277 g/mol. The smallest absolute Gasteiger partial charge is 0.173 e. The standard InChI is InChI=1S/C13H18FN5O2/c1-9(15-6-7-20-2)13-16-17-18-19(13)12-8-10(21-3)4-5-11(12)14/h4-5,8-9,15H,6-7H2,1-3H3. The highest BCUT2D eigenvalue weighted by Gasteiger charge is 2.18. The highest BCUT2D eigenvalue weighted by atomic mass is 19.1. The fourth-order valence-electron chi connectivity index (χ4n) is 1.89. The number of ether oxygens (including phenoxy) is 2. The van der Waals surface area contributed by atoms with Crippen molar-refractivity contribution in [2.45, 2.75) is 13.0 Å². The van der Waals surface area contributed by atoms with Crippen molar-refractivity contribution in [1.82, 2.24) is 25.5 Å². The topological polar surface area (TPSA) is 74.1 Å². The van der Waals surface area contributed by atoms with Gasteiger partial charge in [-0.2, -0.15) is 4.68 Å². The number of halogens is 1. The van der Waals surface area contributed by atoms with Crippen molar-refractivity contribution in [2.75, 3.05) is 27.4 Å². The van der Waals surface area contributed by atoms with Crippen LogP contribution >= 0.6 is 0 Å². The van der Waals surface area contributed by atoms with E-state index in [1.54, 1.807) is 19.2 Å². The second-order valence-electron chi connectivity index (χ2n) is 4.43. The van der Waals surface area contributed by atoms with Gasteiger partial charge >= 0.3 is 0 Å². The zero-order valence-electron chi connectivity index (χ0n) is 12.2. The summed E-state index contributed by atoms with van der Waals surface area (Å²) in [5.74, 6) is 0.625. The summed E-state index contributed by atoms with van der Waals surface area (Å²) in [4.78, 5) is 0. The van der Waals surface area contributed by atoms with Crippen molar-refractivity contribution in [1.29, 1.82) is 0 Å². The van der Waals surface area contributed by atoms with Gasteiger partial charge in [-0.3, -0.25) is 0 Å². The van der Waals surface area contributed by atoms with E-state index in [2.05, 4.69) is 20.8 Å². The Morgan fingerprint density at radius 3 is 2.90 bits per heavy atom. The average molecular weight is 295 g/mol. The lowest BCUT2D eigenvalue weighted by atomic mass is 10.2. The molecule has 1 heterocycles. The molecule has 1 atom stereocenters. The van der Waals surface area contributed by atoms with Gasteiger partial charge in [0.15, 0.2) is 5.82 Å². The summed E-state index contributed by atoms with van der Waals surface area (Å²) < 4.78 is 25.5. The van der Waals surface area contributed by atoms with E-state index in [1.165, 1.54) is 17.9 Å². The molecule has 2 rings (SSSR count). The van der Waals surface area contributed by atoms with Crippen LogP contribution in [0.25, 0.3) is 5.69 Å². The molecule has 0 amide bonds. The first kappa shape index (κ1) is 15.3. The number of hydrogen-bond acceptors (Lipinski definition) is 6. The number of methoxy groups -OCH3 is 2. The van der Waals surface area contributed by atoms with Crippen LogP contribution in [0.15, 0.2) is 18.2 Å². The van der Waals surface area contributed by atoms with Crippen LogP contribution in [0.5, 0.6) is 5.75 Å². The molecule has 0 aliphatic rings. The molecule has 0 aliphatic carbocycles. The van der Waals surface area contributed by atoms with E-state index in [4.69, 9.17) is 9.47 Å². The maximum atomic E-state index is 14.0. The summed E-state index contributed by atoms with van der Waals surface area (Å²) in [6.45, 7) is 3.11. The van der Waals surface area contributed by atoms with Gasteiger partial charge in [0.25, 0.3) is 0 Å². The fourth-order valence-corrected chi connectivity index (χ4v) is 1.89. The molecule has 2 aromatic rings. The summed E-state index contributed by atoms with van der Waals surface area (Å²) in [6, 6.07) is 4.27. The van der Waals surface area contributed by atoms with Gasteiger partial charge in [-0.15, -0.1) is 5.10 Å². The van der Waals surface area contributed by atoms with E-state index in [9.17, 15) is 4.39 Å². The monoisotopic (exact) mass is 295 g/mol. The minimum atomic E-state index is -0.423. The lowest BCUT2D eigenvalue weighted by Gasteiger charge is -2.14. The Balaban J connectivity index is 2.27. The van der Waals surface area contributed by atoms with Crippen molar-refractivity contribution in [3.8, 4) is 11.4 Å². The van der Waals surface area contributed by atoms with E-state index in [0.29, 0.717) is 24.7 Å². The maximum Gasteiger partial charge on any atom is 0.173 e. The van der Waals surface area contributed by atoms with Crippen LogP contribution in [-0.4, -0.2) is 47.6 Å². The third-order valence-electron chi connectivity index (χ3n) is 3.02. The normalized spacial score (nSPS) is 12.4. The van der Waals surface area contributed by atoms with Crippen molar-refractivity contribution >= 4 is 0 Å².